The molecule has 0 spiro atoms. The van der Waals surface area contributed by atoms with E-state index in [1.807, 2.05) is 0 Å². The molecule has 18 heavy (non-hydrogen) atoms. The second kappa shape index (κ2) is 5.05. The minimum absolute atomic E-state index is 0.0114. The predicted molar refractivity (Wildman–Crippen MR) is 70.5 cm³/mol. The number of rotatable bonds is 4. The van der Waals surface area contributed by atoms with Crippen molar-refractivity contribution in [2.45, 2.75) is 38.5 Å². The van der Waals surface area contributed by atoms with E-state index in [1.165, 1.54) is 32.1 Å². The van der Waals surface area contributed by atoms with Gasteiger partial charge in [-0.05, 0) is 68.1 Å². The van der Waals surface area contributed by atoms with Crippen molar-refractivity contribution in [1.82, 2.24) is 0 Å². The van der Waals surface area contributed by atoms with Crippen molar-refractivity contribution in [2.75, 3.05) is 6.61 Å². The van der Waals surface area contributed by atoms with Gasteiger partial charge in [-0.3, -0.25) is 0 Å². The Balaban J connectivity index is 1.60. The molecule has 4 rings (SSSR count). The summed E-state index contributed by atoms with van der Waals surface area (Å²) in [5, 5.41) is 17.8. The summed E-state index contributed by atoms with van der Waals surface area (Å²) >= 11 is 0. The summed E-state index contributed by atoms with van der Waals surface area (Å²) in [4.78, 5) is 0. The summed E-state index contributed by atoms with van der Waals surface area (Å²) in [7, 11) is 0. The normalized spacial score (nSPS) is 43.2. The lowest BCUT2D eigenvalue weighted by Gasteiger charge is -2.53. The van der Waals surface area contributed by atoms with E-state index in [2.05, 4.69) is 18.2 Å². The van der Waals surface area contributed by atoms with Crippen LogP contribution in [0.5, 0.6) is 0 Å². The number of nitriles is 1. The Hall–Kier alpha value is -0.810. The Bertz CT molecular complexity index is 340. The smallest absolute Gasteiger partial charge is 0.0728 e. The molecule has 0 aromatic carbocycles. The molecule has 98 valence electrons. The average molecular weight is 245 g/mol. The van der Waals surface area contributed by atoms with Crippen molar-refractivity contribution in [1.29, 1.82) is 5.26 Å². The van der Waals surface area contributed by atoms with Crippen LogP contribution < -0.4 is 0 Å². The third-order valence-electron chi connectivity index (χ3n) is 5.48. The van der Waals surface area contributed by atoms with Gasteiger partial charge in [0, 0.05) is 0 Å². The van der Waals surface area contributed by atoms with Crippen LogP contribution in [-0.2, 0) is 0 Å². The van der Waals surface area contributed by atoms with E-state index in [-0.39, 0.29) is 12.5 Å². The Kier molecular flexibility index (Phi) is 3.43. The molecule has 2 nitrogen and oxygen atoms in total. The highest BCUT2D eigenvalue weighted by molar-refractivity contribution is 5.06. The van der Waals surface area contributed by atoms with Crippen molar-refractivity contribution in [3.05, 3.63) is 12.2 Å². The van der Waals surface area contributed by atoms with Gasteiger partial charge >= 0.3 is 0 Å². The second-order valence-corrected chi connectivity index (χ2v) is 6.68. The number of aliphatic hydroxyl groups is 1. The molecule has 1 N–H and O–H groups in total. The van der Waals surface area contributed by atoms with Gasteiger partial charge in [0.1, 0.15) is 0 Å². The van der Waals surface area contributed by atoms with E-state index in [1.54, 1.807) is 0 Å². The van der Waals surface area contributed by atoms with Crippen molar-refractivity contribution in [3.8, 4) is 6.07 Å². The van der Waals surface area contributed by atoms with E-state index in [0.717, 1.165) is 36.0 Å². The second-order valence-electron chi connectivity index (χ2n) is 6.68. The summed E-state index contributed by atoms with van der Waals surface area (Å²) in [5.74, 6) is 4.47. The van der Waals surface area contributed by atoms with Gasteiger partial charge in [-0.1, -0.05) is 12.2 Å². The fraction of sp³-hybridized carbons (Fsp3) is 0.812. The topological polar surface area (TPSA) is 44.0 Å². The van der Waals surface area contributed by atoms with E-state index in [0.29, 0.717) is 0 Å². The molecule has 1 unspecified atom stereocenters. The molecule has 0 saturated heterocycles. The lowest BCUT2D eigenvalue weighted by molar-refractivity contribution is -0.0162. The summed E-state index contributed by atoms with van der Waals surface area (Å²) in [6.45, 7) is -0.0114. The van der Waals surface area contributed by atoms with Crippen LogP contribution in [-0.4, -0.2) is 11.7 Å². The molecule has 2 heteroatoms. The first-order chi connectivity index (χ1) is 8.80. The monoisotopic (exact) mass is 245 g/mol. The lowest BCUT2D eigenvalue weighted by atomic mass is 9.52. The van der Waals surface area contributed by atoms with Crippen molar-refractivity contribution in [2.24, 2.45) is 35.5 Å². The first-order valence-corrected chi connectivity index (χ1v) is 7.47. The molecule has 0 aromatic heterocycles. The van der Waals surface area contributed by atoms with Gasteiger partial charge in [-0.25, -0.2) is 0 Å². The summed E-state index contributed by atoms with van der Waals surface area (Å²) in [6.07, 6.45) is 12.6. The van der Waals surface area contributed by atoms with Gasteiger partial charge in [0.15, 0.2) is 0 Å². The van der Waals surface area contributed by atoms with Crippen molar-refractivity contribution in [3.63, 3.8) is 0 Å². The number of nitrogens with zero attached hydrogens (tertiary/aromatic N) is 1. The molecular formula is C16H23NO. The summed E-state index contributed by atoms with van der Waals surface area (Å²) < 4.78 is 0. The van der Waals surface area contributed by atoms with Gasteiger partial charge in [0.05, 0.1) is 18.6 Å². The fourth-order valence-corrected chi connectivity index (χ4v) is 4.85. The molecule has 4 aliphatic carbocycles. The molecule has 0 heterocycles. The van der Waals surface area contributed by atoms with E-state index in [9.17, 15) is 0 Å². The van der Waals surface area contributed by atoms with Crippen molar-refractivity contribution >= 4 is 0 Å². The van der Waals surface area contributed by atoms with Gasteiger partial charge < -0.3 is 5.11 Å². The van der Waals surface area contributed by atoms with Crippen LogP contribution in [0.1, 0.15) is 38.5 Å². The molecule has 1 atom stereocenters. The van der Waals surface area contributed by atoms with Crippen molar-refractivity contribution < 1.29 is 5.11 Å². The van der Waals surface area contributed by atoms with E-state index in [4.69, 9.17) is 10.4 Å². The minimum atomic E-state index is -0.210. The van der Waals surface area contributed by atoms with E-state index < -0.39 is 0 Å². The maximum absolute atomic E-state index is 9.01. The molecule has 4 fully saturated rings. The average Bonchev–Trinajstić information content (AvgIpc) is 2.36. The van der Waals surface area contributed by atoms with Gasteiger partial charge in [-0.2, -0.15) is 5.26 Å². The quantitative estimate of drug-likeness (QED) is 0.773. The van der Waals surface area contributed by atoms with Crippen LogP contribution in [0.4, 0.5) is 0 Å². The molecule has 4 bridgehead atoms. The number of hydrogen-bond acceptors (Lipinski definition) is 2. The molecule has 4 aliphatic rings. The maximum atomic E-state index is 9.01. The van der Waals surface area contributed by atoms with Gasteiger partial charge in [0.2, 0.25) is 0 Å². The molecular weight excluding hydrogens is 222 g/mol. The lowest BCUT2D eigenvalue weighted by Crippen LogP contribution is -2.44. The first kappa shape index (κ1) is 12.2. The van der Waals surface area contributed by atoms with Crippen LogP contribution in [0, 0.1) is 46.8 Å². The maximum Gasteiger partial charge on any atom is 0.0728 e. The van der Waals surface area contributed by atoms with Crippen LogP contribution in [0.25, 0.3) is 0 Å². The highest BCUT2D eigenvalue weighted by Crippen LogP contribution is 2.56. The van der Waals surface area contributed by atoms with Gasteiger partial charge in [0.25, 0.3) is 0 Å². The van der Waals surface area contributed by atoms with Crippen LogP contribution in [0.15, 0.2) is 12.2 Å². The third-order valence-corrected chi connectivity index (χ3v) is 5.48. The fourth-order valence-electron chi connectivity index (χ4n) is 4.85. The molecule has 0 amide bonds. The van der Waals surface area contributed by atoms with Crippen LogP contribution >= 0.6 is 0 Å². The third kappa shape index (κ3) is 2.21. The minimum Gasteiger partial charge on any atom is -0.395 e. The first-order valence-electron chi connectivity index (χ1n) is 7.47. The Morgan fingerprint density at radius 3 is 2.22 bits per heavy atom. The predicted octanol–water partition coefficient (Wildman–Crippen LogP) is 3.14. The molecule has 4 saturated carbocycles. The Morgan fingerprint density at radius 1 is 1.11 bits per heavy atom. The van der Waals surface area contributed by atoms with Gasteiger partial charge in [-0.15, -0.1) is 0 Å². The molecule has 0 aliphatic heterocycles. The number of aliphatic hydroxyl groups excluding tert-OH is 1. The zero-order valence-electron chi connectivity index (χ0n) is 11.0. The Morgan fingerprint density at radius 2 is 1.72 bits per heavy atom. The summed E-state index contributed by atoms with van der Waals surface area (Å²) in [6, 6.07) is 2.15. The molecule has 0 radical (unpaired) electrons. The standard InChI is InChI=1S/C16H23NO/c17-9-11(10-18)2-1-3-16-14-5-12-4-13(7-14)8-15(16)6-12/h1,3,11-16,18H,2,4-8,10H2/b3-1+. The van der Waals surface area contributed by atoms with Crippen LogP contribution in [0.3, 0.4) is 0 Å². The number of allylic oxidation sites excluding steroid dienone is 2. The largest absolute Gasteiger partial charge is 0.395 e. The van der Waals surface area contributed by atoms with E-state index >= 15 is 0 Å². The SMILES string of the molecule is N#CC(CO)C/C=C/C1C2CC3CC(C2)CC1C3. The summed E-state index contributed by atoms with van der Waals surface area (Å²) in [5.41, 5.74) is 0. The highest BCUT2D eigenvalue weighted by atomic mass is 16.3. The highest BCUT2D eigenvalue weighted by Gasteiger charge is 2.46. The molecule has 0 aromatic rings. The number of hydrogen-bond donors (Lipinski definition) is 1. The van der Waals surface area contributed by atoms with Crippen LogP contribution in [0.2, 0.25) is 0 Å². The zero-order chi connectivity index (χ0) is 12.5. The Labute approximate surface area is 110 Å². The zero-order valence-corrected chi connectivity index (χ0v) is 11.0.